The predicted molar refractivity (Wildman–Crippen MR) is 81.8 cm³/mol. The highest BCUT2D eigenvalue weighted by atomic mass is 32.2. The van der Waals surface area contributed by atoms with E-state index >= 15 is 0 Å². The van der Waals surface area contributed by atoms with E-state index in [4.69, 9.17) is 4.74 Å². The molecule has 1 N–H and O–H groups in total. The Labute approximate surface area is 127 Å². The summed E-state index contributed by atoms with van der Waals surface area (Å²) in [4.78, 5) is 0.381. The zero-order chi connectivity index (χ0) is 15.5. The number of nitrogens with one attached hydrogen (secondary N) is 1. The molecule has 1 fully saturated rings. The molecule has 0 spiro atoms. The molecule has 120 valence electrons. The van der Waals surface area contributed by atoms with Crippen molar-refractivity contribution in [3.63, 3.8) is 0 Å². The quantitative estimate of drug-likeness (QED) is 0.857. The van der Waals surface area contributed by atoms with E-state index in [9.17, 15) is 8.42 Å². The predicted octanol–water partition coefficient (Wildman–Crippen LogP) is 1.20. The lowest BCUT2D eigenvalue weighted by Crippen LogP contribution is -2.40. The van der Waals surface area contributed by atoms with Crippen molar-refractivity contribution in [2.45, 2.75) is 38.3 Å². The second-order valence-electron chi connectivity index (χ2n) is 5.46. The van der Waals surface area contributed by atoms with Gasteiger partial charge in [0.1, 0.15) is 4.90 Å². The molecule has 2 rings (SSSR count). The number of hydrogen-bond acceptors (Lipinski definition) is 4. The Morgan fingerprint density at radius 2 is 2.00 bits per heavy atom. The van der Waals surface area contributed by atoms with Gasteiger partial charge in [0.25, 0.3) is 0 Å². The minimum absolute atomic E-state index is 0.229. The molecule has 1 aliphatic heterocycles. The number of sulfonamides is 1. The van der Waals surface area contributed by atoms with Crippen LogP contribution in [0.1, 0.15) is 32.5 Å². The smallest absolute Gasteiger partial charge is 0.244 e. The fourth-order valence-corrected chi connectivity index (χ4v) is 3.91. The summed E-state index contributed by atoms with van der Waals surface area (Å²) in [5.41, 5.74) is 0.999. The maximum Gasteiger partial charge on any atom is 0.244 e. The number of morpholine rings is 1. The van der Waals surface area contributed by atoms with Gasteiger partial charge < -0.3 is 14.6 Å². The second kappa shape index (κ2) is 6.91. The summed E-state index contributed by atoms with van der Waals surface area (Å²) >= 11 is 0. The molecule has 1 aromatic rings. The molecular formula is C14H25N3O3S. The highest BCUT2D eigenvalue weighted by molar-refractivity contribution is 7.89. The van der Waals surface area contributed by atoms with Crippen LogP contribution in [0.25, 0.3) is 0 Å². The zero-order valence-corrected chi connectivity index (χ0v) is 13.8. The van der Waals surface area contributed by atoms with Crippen molar-refractivity contribution in [3.05, 3.63) is 18.0 Å². The average Bonchev–Trinajstić information content (AvgIpc) is 2.91. The van der Waals surface area contributed by atoms with Crippen LogP contribution >= 0.6 is 0 Å². The van der Waals surface area contributed by atoms with Crippen molar-refractivity contribution in [2.24, 2.45) is 0 Å². The van der Waals surface area contributed by atoms with Gasteiger partial charge in [-0.3, -0.25) is 0 Å². The summed E-state index contributed by atoms with van der Waals surface area (Å²) in [7, 11) is -3.42. The molecule has 21 heavy (non-hydrogen) atoms. The summed E-state index contributed by atoms with van der Waals surface area (Å²) in [5.74, 6) is 0. The summed E-state index contributed by atoms with van der Waals surface area (Å²) < 4.78 is 34.1. The Hall–Kier alpha value is -0.890. The van der Waals surface area contributed by atoms with Crippen LogP contribution in [-0.2, 0) is 21.3 Å². The molecule has 0 unspecified atom stereocenters. The first kappa shape index (κ1) is 16.5. The van der Waals surface area contributed by atoms with Crippen LogP contribution < -0.4 is 5.32 Å². The molecule has 1 aromatic heterocycles. The maximum atomic E-state index is 12.7. The Morgan fingerprint density at radius 3 is 2.57 bits per heavy atom. The normalized spacial score (nSPS) is 17.5. The Bertz CT molecular complexity index is 560. The average molecular weight is 315 g/mol. The van der Waals surface area contributed by atoms with Crippen LogP contribution in [0.5, 0.6) is 0 Å². The van der Waals surface area contributed by atoms with Gasteiger partial charge >= 0.3 is 0 Å². The lowest BCUT2D eigenvalue weighted by molar-refractivity contribution is 0.0730. The first-order chi connectivity index (χ1) is 9.96. The first-order valence-corrected chi connectivity index (χ1v) is 8.90. The molecule has 0 saturated carbocycles. The van der Waals surface area contributed by atoms with Crippen molar-refractivity contribution in [1.82, 2.24) is 14.2 Å². The van der Waals surface area contributed by atoms with E-state index in [2.05, 4.69) is 19.2 Å². The van der Waals surface area contributed by atoms with E-state index in [1.165, 1.54) is 4.31 Å². The van der Waals surface area contributed by atoms with E-state index < -0.39 is 10.0 Å². The van der Waals surface area contributed by atoms with Crippen LogP contribution in [0, 0.1) is 0 Å². The molecule has 1 aliphatic rings. The zero-order valence-electron chi connectivity index (χ0n) is 13.0. The van der Waals surface area contributed by atoms with Crippen molar-refractivity contribution in [2.75, 3.05) is 32.8 Å². The third-order valence-corrected chi connectivity index (χ3v) is 5.49. The van der Waals surface area contributed by atoms with Crippen LogP contribution in [-0.4, -0.2) is 50.1 Å². The molecule has 6 nitrogen and oxygen atoms in total. The highest BCUT2D eigenvalue weighted by Gasteiger charge is 2.28. The van der Waals surface area contributed by atoms with Gasteiger partial charge in [-0.25, -0.2) is 8.42 Å². The molecule has 0 bridgehead atoms. The van der Waals surface area contributed by atoms with Crippen molar-refractivity contribution < 1.29 is 13.2 Å². The van der Waals surface area contributed by atoms with Crippen molar-refractivity contribution in [1.29, 1.82) is 0 Å². The summed E-state index contributed by atoms with van der Waals surface area (Å²) in [6.45, 7) is 9.47. The van der Waals surface area contributed by atoms with Gasteiger partial charge in [0.2, 0.25) is 10.0 Å². The first-order valence-electron chi connectivity index (χ1n) is 7.46. The molecular weight excluding hydrogens is 290 g/mol. The Morgan fingerprint density at radius 1 is 1.33 bits per heavy atom. The molecule has 7 heteroatoms. The summed E-state index contributed by atoms with van der Waals surface area (Å²) in [5, 5.41) is 3.25. The fraction of sp³-hybridized carbons (Fsp3) is 0.714. The maximum absolute atomic E-state index is 12.7. The molecule has 0 aromatic carbocycles. The monoisotopic (exact) mass is 315 g/mol. The van der Waals surface area contributed by atoms with E-state index in [0.717, 1.165) is 12.2 Å². The van der Waals surface area contributed by atoms with Gasteiger partial charge in [-0.1, -0.05) is 6.92 Å². The topological polar surface area (TPSA) is 63.6 Å². The molecule has 0 atom stereocenters. The van der Waals surface area contributed by atoms with Gasteiger partial charge in [-0.05, 0) is 26.5 Å². The van der Waals surface area contributed by atoms with Gasteiger partial charge in [0, 0.05) is 37.6 Å². The van der Waals surface area contributed by atoms with Crippen LogP contribution in [0.3, 0.4) is 0 Å². The van der Waals surface area contributed by atoms with Crippen LogP contribution in [0.4, 0.5) is 0 Å². The minimum Gasteiger partial charge on any atom is -0.379 e. The van der Waals surface area contributed by atoms with E-state index in [-0.39, 0.29) is 6.04 Å². The SMILES string of the molecule is CCNCc1cc(S(=O)(=O)N2CCOCC2)cn1C(C)C. The van der Waals surface area contributed by atoms with E-state index in [1.54, 1.807) is 12.3 Å². The minimum atomic E-state index is -3.42. The molecule has 0 amide bonds. The Kier molecular flexibility index (Phi) is 5.43. The van der Waals surface area contributed by atoms with Crippen molar-refractivity contribution in [3.8, 4) is 0 Å². The van der Waals surface area contributed by atoms with Gasteiger partial charge in [-0.2, -0.15) is 4.31 Å². The molecule has 2 heterocycles. The largest absolute Gasteiger partial charge is 0.379 e. The molecule has 0 radical (unpaired) electrons. The van der Waals surface area contributed by atoms with Gasteiger partial charge in [0.15, 0.2) is 0 Å². The van der Waals surface area contributed by atoms with E-state index in [1.807, 2.05) is 11.5 Å². The number of ether oxygens (including phenoxy) is 1. The molecule has 0 aliphatic carbocycles. The van der Waals surface area contributed by atoms with E-state index in [0.29, 0.717) is 37.7 Å². The molecule has 1 saturated heterocycles. The second-order valence-corrected chi connectivity index (χ2v) is 7.40. The fourth-order valence-electron chi connectivity index (χ4n) is 2.45. The Balaban J connectivity index is 2.30. The standard InChI is InChI=1S/C14H25N3O3S/c1-4-15-10-13-9-14(11-17(13)12(2)3)21(18,19)16-5-7-20-8-6-16/h9,11-12,15H,4-8,10H2,1-3H3. The third-order valence-electron chi connectivity index (χ3n) is 3.63. The van der Waals surface area contributed by atoms with Gasteiger partial charge in [-0.15, -0.1) is 0 Å². The lowest BCUT2D eigenvalue weighted by Gasteiger charge is -2.25. The number of nitrogens with zero attached hydrogens (tertiary/aromatic N) is 2. The van der Waals surface area contributed by atoms with Crippen molar-refractivity contribution >= 4 is 10.0 Å². The summed E-state index contributed by atoms with van der Waals surface area (Å²) in [6.07, 6.45) is 1.75. The number of hydrogen-bond donors (Lipinski definition) is 1. The highest BCUT2D eigenvalue weighted by Crippen LogP contribution is 2.22. The number of aromatic nitrogens is 1. The van der Waals surface area contributed by atoms with Gasteiger partial charge in [0.05, 0.1) is 13.2 Å². The third kappa shape index (κ3) is 3.66. The lowest BCUT2D eigenvalue weighted by atomic mass is 10.3. The number of rotatable bonds is 6. The van der Waals surface area contributed by atoms with Crippen LogP contribution in [0.2, 0.25) is 0 Å². The summed E-state index contributed by atoms with van der Waals surface area (Å²) in [6, 6.07) is 2.01. The van der Waals surface area contributed by atoms with Crippen LogP contribution in [0.15, 0.2) is 17.2 Å².